The number of nitrogens with one attached hydrogen (secondary N) is 2. The molecule has 1 fully saturated rings. The first-order chi connectivity index (χ1) is 16.0. The van der Waals surface area contributed by atoms with E-state index in [9.17, 15) is 9.59 Å². The van der Waals surface area contributed by atoms with E-state index in [1.807, 2.05) is 28.8 Å². The lowest BCUT2D eigenvalue weighted by molar-refractivity contribution is -0.126. The van der Waals surface area contributed by atoms with Gasteiger partial charge in [-0.2, -0.15) is 5.10 Å². The van der Waals surface area contributed by atoms with Gasteiger partial charge in [-0.05, 0) is 55.7 Å². The number of rotatable bonds is 11. The first-order valence-corrected chi connectivity index (χ1v) is 12.8. The van der Waals surface area contributed by atoms with Crippen LogP contribution in [0.4, 0.5) is 0 Å². The largest absolute Gasteiger partial charge is 0.354 e. The number of aryl methyl sites for hydroxylation is 1. The summed E-state index contributed by atoms with van der Waals surface area (Å²) in [5.41, 5.74) is 0.943. The summed E-state index contributed by atoms with van der Waals surface area (Å²) in [6, 6.07) is 7.54. The van der Waals surface area contributed by atoms with Crippen LogP contribution < -0.4 is 10.6 Å². The maximum absolute atomic E-state index is 12.3. The predicted octanol–water partition coefficient (Wildman–Crippen LogP) is 4.74. The summed E-state index contributed by atoms with van der Waals surface area (Å²) in [4.78, 5) is 24.5. The van der Waals surface area contributed by atoms with Crippen LogP contribution in [0.2, 0.25) is 5.02 Å². The van der Waals surface area contributed by atoms with Crippen LogP contribution in [0, 0.1) is 10.7 Å². The summed E-state index contributed by atoms with van der Waals surface area (Å²) in [6.45, 7) is 4.19. The first-order valence-electron chi connectivity index (χ1n) is 12.0. The molecule has 1 aliphatic rings. The van der Waals surface area contributed by atoms with Gasteiger partial charge in [0.25, 0.3) is 0 Å². The SMILES string of the molecule is CCCCn1c(-c2ccc(Cl)cc2)nn(CCC(=O)NCCNC(=O)C2CCCCC2)c1=S. The highest BCUT2D eigenvalue weighted by atomic mass is 35.5. The van der Waals surface area contributed by atoms with Crippen molar-refractivity contribution >= 4 is 35.6 Å². The lowest BCUT2D eigenvalue weighted by atomic mass is 9.89. The third-order valence-corrected chi connectivity index (χ3v) is 6.72. The number of halogens is 1. The standard InChI is InChI=1S/C24H34ClN5O2S/c1-2-3-16-29-22(18-9-11-20(25)12-10-18)28-30(24(29)33)17-13-21(31)26-14-15-27-23(32)19-7-5-4-6-8-19/h9-12,19H,2-8,13-17H2,1H3,(H,26,31)(H,27,32). The topological polar surface area (TPSA) is 81.0 Å². The minimum Gasteiger partial charge on any atom is -0.354 e. The zero-order chi connectivity index (χ0) is 23.6. The fourth-order valence-corrected chi connectivity index (χ4v) is 4.55. The number of unbranched alkanes of at least 4 members (excludes halogenated alkanes) is 1. The third-order valence-electron chi connectivity index (χ3n) is 6.03. The summed E-state index contributed by atoms with van der Waals surface area (Å²) in [5.74, 6) is 0.951. The van der Waals surface area contributed by atoms with Crippen LogP contribution in [0.3, 0.4) is 0 Å². The van der Waals surface area contributed by atoms with Gasteiger partial charge in [0.1, 0.15) is 0 Å². The molecule has 1 saturated carbocycles. The first kappa shape index (κ1) is 25.4. The fraction of sp³-hybridized carbons (Fsp3) is 0.583. The Kier molecular flexibility index (Phi) is 9.94. The summed E-state index contributed by atoms with van der Waals surface area (Å²) < 4.78 is 4.36. The Hall–Kier alpha value is -2.19. The van der Waals surface area contributed by atoms with Crippen molar-refractivity contribution in [2.24, 2.45) is 5.92 Å². The fourth-order valence-electron chi connectivity index (χ4n) is 4.11. The van der Waals surface area contributed by atoms with Crippen LogP contribution in [0.15, 0.2) is 24.3 Å². The van der Waals surface area contributed by atoms with Crippen LogP contribution in [0.1, 0.15) is 58.3 Å². The lowest BCUT2D eigenvalue weighted by Gasteiger charge is -2.20. The van der Waals surface area contributed by atoms with Crippen molar-refractivity contribution in [2.45, 2.75) is 71.4 Å². The van der Waals surface area contributed by atoms with Crippen LogP contribution in [-0.4, -0.2) is 39.3 Å². The second-order valence-electron chi connectivity index (χ2n) is 8.57. The molecule has 1 heterocycles. The van der Waals surface area contributed by atoms with E-state index < -0.39 is 0 Å². The molecule has 33 heavy (non-hydrogen) atoms. The number of amides is 2. The number of aromatic nitrogens is 3. The summed E-state index contributed by atoms with van der Waals surface area (Å²) in [5, 5.41) is 11.2. The number of hydrogen-bond acceptors (Lipinski definition) is 4. The van der Waals surface area contributed by atoms with Crippen molar-refractivity contribution in [1.82, 2.24) is 25.0 Å². The Balaban J connectivity index is 1.51. The summed E-state index contributed by atoms with van der Waals surface area (Å²) >= 11 is 11.7. The smallest absolute Gasteiger partial charge is 0.223 e. The minimum absolute atomic E-state index is 0.0834. The lowest BCUT2D eigenvalue weighted by Crippen LogP contribution is -2.38. The molecule has 0 atom stereocenters. The number of carbonyl (C=O) groups is 2. The van der Waals surface area contributed by atoms with Crippen molar-refractivity contribution in [3.8, 4) is 11.4 Å². The average Bonchev–Trinajstić information content (AvgIpc) is 3.15. The highest BCUT2D eigenvalue weighted by Crippen LogP contribution is 2.23. The van der Waals surface area contributed by atoms with Crippen molar-refractivity contribution in [3.63, 3.8) is 0 Å². The molecule has 7 nitrogen and oxygen atoms in total. The molecule has 2 amide bonds. The van der Waals surface area contributed by atoms with Gasteiger partial charge >= 0.3 is 0 Å². The van der Waals surface area contributed by atoms with Gasteiger partial charge in [0.05, 0.1) is 6.54 Å². The maximum atomic E-state index is 12.3. The Morgan fingerprint density at radius 1 is 1.09 bits per heavy atom. The second-order valence-corrected chi connectivity index (χ2v) is 9.37. The van der Waals surface area contributed by atoms with Crippen molar-refractivity contribution < 1.29 is 9.59 Å². The van der Waals surface area contributed by atoms with E-state index in [2.05, 4.69) is 17.6 Å². The average molecular weight is 492 g/mol. The van der Waals surface area contributed by atoms with Crippen molar-refractivity contribution in [1.29, 1.82) is 0 Å². The van der Waals surface area contributed by atoms with Gasteiger partial charge in [-0.3, -0.25) is 14.2 Å². The van der Waals surface area contributed by atoms with Gasteiger partial charge in [-0.25, -0.2) is 4.68 Å². The summed E-state index contributed by atoms with van der Waals surface area (Å²) in [6.07, 6.45) is 7.75. The van der Waals surface area contributed by atoms with Gasteiger partial charge in [0.2, 0.25) is 11.8 Å². The van der Waals surface area contributed by atoms with Gasteiger partial charge in [-0.1, -0.05) is 44.2 Å². The molecular formula is C24H34ClN5O2S. The Morgan fingerprint density at radius 3 is 2.48 bits per heavy atom. The van der Waals surface area contributed by atoms with Crippen molar-refractivity contribution in [3.05, 3.63) is 34.1 Å². The van der Waals surface area contributed by atoms with Gasteiger partial charge in [0.15, 0.2) is 10.6 Å². The molecule has 3 rings (SSSR count). The van der Waals surface area contributed by atoms with E-state index in [-0.39, 0.29) is 24.2 Å². The second kappa shape index (κ2) is 12.9. The molecule has 1 aromatic carbocycles. The molecule has 9 heteroatoms. The van der Waals surface area contributed by atoms with Crippen molar-refractivity contribution in [2.75, 3.05) is 13.1 Å². The Labute approximate surface area is 205 Å². The van der Waals surface area contributed by atoms with Gasteiger partial charge < -0.3 is 10.6 Å². The van der Waals surface area contributed by atoms with E-state index in [0.29, 0.717) is 29.4 Å². The molecule has 180 valence electrons. The molecule has 2 aromatic rings. The summed E-state index contributed by atoms with van der Waals surface area (Å²) in [7, 11) is 0. The Bertz CT molecular complexity index is 980. The number of benzene rings is 1. The molecule has 0 saturated heterocycles. The maximum Gasteiger partial charge on any atom is 0.223 e. The zero-order valence-corrected chi connectivity index (χ0v) is 20.9. The van der Waals surface area contributed by atoms with E-state index in [1.165, 1.54) is 6.42 Å². The minimum atomic E-state index is -0.0834. The van der Waals surface area contributed by atoms with Crippen LogP contribution in [-0.2, 0) is 22.7 Å². The quantitative estimate of drug-likeness (QED) is 0.351. The van der Waals surface area contributed by atoms with Gasteiger partial charge in [-0.15, -0.1) is 0 Å². The molecule has 1 aliphatic carbocycles. The van der Waals surface area contributed by atoms with Crippen LogP contribution >= 0.6 is 23.8 Å². The molecule has 0 bridgehead atoms. The van der Waals surface area contributed by atoms with E-state index >= 15 is 0 Å². The molecule has 0 radical (unpaired) electrons. The van der Waals surface area contributed by atoms with Crippen LogP contribution in [0.5, 0.6) is 0 Å². The normalized spacial score (nSPS) is 14.2. The van der Waals surface area contributed by atoms with E-state index in [4.69, 9.17) is 28.9 Å². The highest BCUT2D eigenvalue weighted by Gasteiger charge is 2.20. The number of hydrogen-bond donors (Lipinski definition) is 2. The monoisotopic (exact) mass is 491 g/mol. The van der Waals surface area contributed by atoms with Crippen LogP contribution in [0.25, 0.3) is 11.4 Å². The molecule has 0 aliphatic heterocycles. The van der Waals surface area contributed by atoms with E-state index in [0.717, 1.165) is 56.5 Å². The predicted molar refractivity (Wildman–Crippen MR) is 134 cm³/mol. The third kappa shape index (κ3) is 7.40. The molecule has 0 unspecified atom stereocenters. The molecule has 0 spiro atoms. The molecule has 1 aromatic heterocycles. The Morgan fingerprint density at radius 2 is 1.79 bits per heavy atom. The highest BCUT2D eigenvalue weighted by molar-refractivity contribution is 7.71. The molecular weight excluding hydrogens is 458 g/mol. The van der Waals surface area contributed by atoms with Gasteiger partial charge in [0, 0.05) is 42.6 Å². The van der Waals surface area contributed by atoms with E-state index in [1.54, 1.807) is 4.68 Å². The zero-order valence-electron chi connectivity index (χ0n) is 19.3. The number of nitrogens with zero attached hydrogens (tertiary/aromatic N) is 3. The molecule has 2 N–H and O–H groups in total. The number of carbonyl (C=O) groups excluding carboxylic acids is 2.